The van der Waals surface area contributed by atoms with Crippen LogP contribution in [0, 0.1) is 23.7 Å². The van der Waals surface area contributed by atoms with Crippen molar-refractivity contribution in [3.8, 4) is 0 Å². The van der Waals surface area contributed by atoms with Crippen LogP contribution in [0.2, 0.25) is 0 Å². The fourth-order valence-electron chi connectivity index (χ4n) is 7.43. The van der Waals surface area contributed by atoms with Crippen LogP contribution in [0.3, 0.4) is 0 Å². The Bertz CT molecular complexity index is 1530. The molecule has 3 heterocycles. The van der Waals surface area contributed by atoms with Crippen molar-refractivity contribution < 1.29 is 5.11 Å². The molecule has 4 atom stereocenters. The Morgan fingerprint density at radius 1 is 1.14 bits per heavy atom. The summed E-state index contributed by atoms with van der Waals surface area (Å²) in [5.74, 6) is 3.63. The van der Waals surface area contributed by atoms with Crippen LogP contribution in [0.15, 0.2) is 36.8 Å². The normalized spacial score (nSPS) is 26.6. The SMILES string of the molecule is CC(C)CN(C[C@H]1C[C@@H](n2ccc3c(N)ncnc32)[C@H](O)[C@@H]1C)[C@H]1C[C@H](CCc2nc3cc(C(C)(C)C)ccc3[nH]2)C1. The summed E-state index contributed by atoms with van der Waals surface area (Å²) < 4.78 is 2.13. The lowest BCUT2D eigenvalue weighted by Gasteiger charge is -2.45. The lowest BCUT2D eigenvalue weighted by Crippen LogP contribution is -2.48. The molecule has 2 saturated carbocycles. The number of nitrogens with zero attached hydrogens (tertiary/aromatic N) is 5. The largest absolute Gasteiger partial charge is 0.391 e. The number of aromatic nitrogens is 5. The Labute approximate surface area is 250 Å². The summed E-state index contributed by atoms with van der Waals surface area (Å²) in [7, 11) is 0. The Kier molecular flexibility index (Phi) is 7.81. The van der Waals surface area contributed by atoms with Crippen LogP contribution in [0.1, 0.15) is 84.7 Å². The molecule has 2 aliphatic rings. The Balaban J connectivity index is 1.07. The second kappa shape index (κ2) is 11.3. The summed E-state index contributed by atoms with van der Waals surface area (Å²) in [4.78, 5) is 19.9. The molecule has 42 heavy (non-hydrogen) atoms. The number of imidazole rings is 1. The molecule has 4 aromatic rings. The van der Waals surface area contributed by atoms with Crippen LogP contribution >= 0.6 is 0 Å². The van der Waals surface area contributed by atoms with Gasteiger partial charge in [-0.2, -0.15) is 0 Å². The number of anilines is 1. The highest BCUT2D eigenvalue weighted by atomic mass is 16.3. The number of fused-ring (bicyclic) bond motifs is 2. The zero-order valence-corrected chi connectivity index (χ0v) is 26.2. The molecule has 1 aromatic carbocycles. The van der Waals surface area contributed by atoms with Crippen molar-refractivity contribution in [3.05, 3.63) is 48.2 Å². The van der Waals surface area contributed by atoms with Crippen molar-refractivity contribution in [1.29, 1.82) is 0 Å². The molecule has 8 heteroatoms. The van der Waals surface area contributed by atoms with Crippen molar-refractivity contribution >= 4 is 27.9 Å². The monoisotopic (exact) mass is 571 g/mol. The average Bonchev–Trinajstić information content (AvgIpc) is 3.59. The Hall–Kier alpha value is -2.97. The number of H-pyrrole nitrogens is 1. The predicted molar refractivity (Wildman–Crippen MR) is 170 cm³/mol. The number of nitrogens with one attached hydrogen (secondary N) is 1. The van der Waals surface area contributed by atoms with Crippen molar-refractivity contribution in [1.82, 2.24) is 29.4 Å². The minimum Gasteiger partial charge on any atom is -0.391 e. The van der Waals surface area contributed by atoms with Crippen molar-refractivity contribution in [2.75, 3.05) is 18.8 Å². The van der Waals surface area contributed by atoms with Gasteiger partial charge in [-0.25, -0.2) is 15.0 Å². The first-order chi connectivity index (χ1) is 20.0. The number of aromatic amines is 1. The van der Waals surface area contributed by atoms with Gasteiger partial charge in [-0.3, -0.25) is 4.90 Å². The van der Waals surface area contributed by atoms with Gasteiger partial charge in [0.05, 0.1) is 28.6 Å². The van der Waals surface area contributed by atoms with Crippen LogP contribution in [-0.2, 0) is 11.8 Å². The summed E-state index contributed by atoms with van der Waals surface area (Å²) >= 11 is 0. The van der Waals surface area contributed by atoms with E-state index in [0.717, 1.165) is 59.7 Å². The third-order valence-electron chi connectivity index (χ3n) is 10.1. The Morgan fingerprint density at radius 3 is 2.67 bits per heavy atom. The smallest absolute Gasteiger partial charge is 0.145 e. The zero-order chi connectivity index (χ0) is 29.8. The third-order valence-corrected chi connectivity index (χ3v) is 10.1. The van der Waals surface area contributed by atoms with Crippen LogP contribution < -0.4 is 5.73 Å². The molecule has 0 unspecified atom stereocenters. The highest BCUT2D eigenvalue weighted by Gasteiger charge is 2.43. The number of nitrogen functional groups attached to an aromatic ring is 1. The molecule has 0 radical (unpaired) electrons. The lowest BCUT2D eigenvalue weighted by molar-refractivity contribution is 0.0387. The summed E-state index contributed by atoms with van der Waals surface area (Å²) in [5, 5.41) is 12.2. The van der Waals surface area contributed by atoms with Gasteiger partial charge in [0, 0.05) is 31.7 Å². The van der Waals surface area contributed by atoms with E-state index < -0.39 is 6.10 Å². The minimum atomic E-state index is -0.403. The summed E-state index contributed by atoms with van der Waals surface area (Å²) in [5.41, 5.74) is 10.6. The van der Waals surface area contributed by atoms with Gasteiger partial charge in [-0.15, -0.1) is 0 Å². The van der Waals surface area contributed by atoms with E-state index in [1.807, 2.05) is 12.3 Å². The molecule has 0 aliphatic heterocycles. The van der Waals surface area contributed by atoms with Gasteiger partial charge < -0.3 is 20.4 Å². The number of rotatable bonds is 9. The van der Waals surface area contributed by atoms with Gasteiger partial charge in [-0.1, -0.05) is 47.6 Å². The molecule has 4 N–H and O–H groups in total. The van der Waals surface area contributed by atoms with Crippen LogP contribution in [0.4, 0.5) is 5.82 Å². The molecule has 8 nitrogen and oxygen atoms in total. The first-order valence-corrected chi connectivity index (χ1v) is 16.0. The van der Waals surface area contributed by atoms with Crippen molar-refractivity contribution in [2.45, 2.75) is 97.2 Å². The standard InChI is InChI=1S/C34H49N7O/c1-20(2)17-40(18-23-15-29(31(42)21(23)3)41-12-11-26-32(35)36-19-37-33(26)41)25-13-22(14-25)7-10-30-38-27-9-8-24(34(4,5)6)16-28(27)39-30/h8-9,11-12,16,19-23,25,29,31,42H,7,10,13-15,17-18H2,1-6H3,(H,38,39)(H2,35,36,37)/t21-,22-,23-,25-,29-,31-/m1/s1. The topological polar surface area (TPSA) is 109 Å². The average molecular weight is 572 g/mol. The van der Waals surface area contributed by atoms with Gasteiger partial charge in [0.2, 0.25) is 0 Å². The second-order valence-electron chi connectivity index (χ2n) is 14.7. The molecule has 0 saturated heterocycles. The zero-order valence-electron chi connectivity index (χ0n) is 26.2. The maximum atomic E-state index is 11.3. The quantitative estimate of drug-likeness (QED) is 0.224. The number of aliphatic hydroxyl groups is 1. The molecule has 6 rings (SSSR count). The van der Waals surface area contributed by atoms with Crippen LogP contribution in [0.25, 0.3) is 22.1 Å². The van der Waals surface area contributed by atoms with Crippen LogP contribution in [-0.4, -0.2) is 59.7 Å². The first-order valence-electron chi connectivity index (χ1n) is 16.0. The van der Waals surface area contributed by atoms with Crippen molar-refractivity contribution in [3.63, 3.8) is 0 Å². The number of aryl methyl sites for hydroxylation is 1. The second-order valence-corrected chi connectivity index (χ2v) is 14.7. The molecule has 2 aliphatic carbocycles. The number of benzene rings is 1. The fraction of sp³-hybridized carbons (Fsp3) is 0.618. The summed E-state index contributed by atoms with van der Waals surface area (Å²) in [6.45, 7) is 15.8. The molecule has 0 spiro atoms. The van der Waals surface area contributed by atoms with E-state index in [1.165, 1.54) is 31.2 Å². The van der Waals surface area contributed by atoms with Gasteiger partial charge in [0.1, 0.15) is 23.6 Å². The number of hydrogen-bond donors (Lipinski definition) is 3. The van der Waals surface area contributed by atoms with Gasteiger partial charge >= 0.3 is 0 Å². The van der Waals surface area contributed by atoms with Gasteiger partial charge in [0.15, 0.2) is 0 Å². The number of hydrogen-bond acceptors (Lipinski definition) is 6. The number of nitrogens with two attached hydrogens (primary N) is 1. The molecule has 2 fully saturated rings. The van der Waals surface area contributed by atoms with Crippen molar-refractivity contribution in [2.24, 2.45) is 23.7 Å². The summed E-state index contributed by atoms with van der Waals surface area (Å²) in [6.07, 6.45) is 8.79. The molecule has 0 bridgehead atoms. The Morgan fingerprint density at radius 2 is 1.93 bits per heavy atom. The lowest BCUT2D eigenvalue weighted by atomic mass is 9.76. The predicted octanol–water partition coefficient (Wildman–Crippen LogP) is 6.11. The summed E-state index contributed by atoms with van der Waals surface area (Å²) in [6, 6.07) is 9.26. The van der Waals surface area contributed by atoms with E-state index in [-0.39, 0.29) is 17.4 Å². The first kappa shape index (κ1) is 29.1. The van der Waals surface area contributed by atoms with E-state index in [4.69, 9.17) is 10.7 Å². The van der Waals surface area contributed by atoms with Crippen LogP contribution in [0.5, 0.6) is 0 Å². The molecular weight excluding hydrogens is 522 g/mol. The van der Waals surface area contributed by atoms with Gasteiger partial charge in [0.25, 0.3) is 0 Å². The van der Waals surface area contributed by atoms with Gasteiger partial charge in [-0.05, 0) is 78.5 Å². The third kappa shape index (κ3) is 5.68. The highest BCUT2D eigenvalue weighted by molar-refractivity contribution is 5.86. The number of aliphatic hydroxyl groups excluding tert-OH is 1. The molecule has 3 aromatic heterocycles. The maximum absolute atomic E-state index is 11.3. The van der Waals surface area contributed by atoms with E-state index in [1.54, 1.807) is 0 Å². The minimum absolute atomic E-state index is 0.00938. The fourth-order valence-corrected chi connectivity index (χ4v) is 7.43. The molecule has 0 amide bonds. The van der Waals surface area contributed by atoms with E-state index in [0.29, 0.717) is 23.7 Å². The molecular formula is C34H49N7O. The highest BCUT2D eigenvalue weighted by Crippen LogP contribution is 2.43. The van der Waals surface area contributed by atoms with E-state index in [2.05, 4.69) is 84.2 Å². The molecule has 226 valence electrons. The van der Waals surface area contributed by atoms with E-state index >= 15 is 0 Å². The van der Waals surface area contributed by atoms with E-state index in [9.17, 15) is 5.11 Å². The maximum Gasteiger partial charge on any atom is 0.145 e.